The van der Waals surface area contributed by atoms with Crippen LogP contribution in [0.1, 0.15) is 18.5 Å². The molecule has 1 amide bonds. The molecule has 0 aromatic heterocycles. The molecule has 2 aromatic carbocycles. The Labute approximate surface area is 137 Å². The van der Waals surface area contributed by atoms with Crippen molar-refractivity contribution in [2.75, 3.05) is 11.5 Å². The van der Waals surface area contributed by atoms with Gasteiger partial charge in [0.15, 0.2) is 12.4 Å². The predicted octanol–water partition coefficient (Wildman–Crippen LogP) is 3.73. The molecule has 1 aliphatic rings. The van der Waals surface area contributed by atoms with Crippen LogP contribution in [0.5, 0.6) is 5.75 Å². The van der Waals surface area contributed by atoms with Gasteiger partial charge >= 0.3 is 0 Å². The molecule has 6 nitrogen and oxygen atoms in total. The van der Waals surface area contributed by atoms with Crippen molar-refractivity contribution in [1.29, 1.82) is 0 Å². The second-order valence-electron chi connectivity index (χ2n) is 5.19. The molecule has 0 N–H and O–H groups in total. The molecule has 0 fully saturated rings. The maximum Gasteiger partial charge on any atom is 0.273 e. The van der Waals surface area contributed by atoms with Gasteiger partial charge in [-0.2, -0.15) is 0 Å². The van der Waals surface area contributed by atoms with E-state index in [1.54, 1.807) is 17.0 Å². The van der Waals surface area contributed by atoms with Crippen LogP contribution in [0.2, 0.25) is 5.02 Å². The Morgan fingerprint density at radius 1 is 1.30 bits per heavy atom. The fraction of sp³-hybridized carbons (Fsp3) is 0.188. The molecule has 0 radical (unpaired) electrons. The Hall–Kier alpha value is -2.60. The van der Waals surface area contributed by atoms with Crippen molar-refractivity contribution in [1.82, 2.24) is 0 Å². The molecule has 23 heavy (non-hydrogen) atoms. The number of halogens is 1. The molecular weight excluding hydrogens is 320 g/mol. The van der Waals surface area contributed by atoms with Gasteiger partial charge in [-0.25, -0.2) is 0 Å². The fourth-order valence-corrected chi connectivity index (χ4v) is 2.81. The van der Waals surface area contributed by atoms with Gasteiger partial charge in [-0.1, -0.05) is 23.7 Å². The molecule has 1 unspecified atom stereocenters. The minimum absolute atomic E-state index is 0.0755. The van der Waals surface area contributed by atoms with E-state index in [0.717, 1.165) is 5.56 Å². The van der Waals surface area contributed by atoms with E-state index < -0.39 is 4.92 Å². The SMILES string of the molecule is CC(c1cccc(Cl)c1)N1C(=O)COc2cc([N+](=O)[O-])ccc21. The van der Waals surface area contributed by atoms with Crippen LogP contribution in [0, 0.1) is 10.1 Å². The van der Waals surface area contributed by atoms with Crippen molar-refractivity contribution in [3.05, 3.63) is 63.2 Å². The molecule has 0 spiro atoms. The lowest BCUT2D eigenvalue weighted by molar-refractivity contribution is -0.384. The standard InChI is InChI=1S/C16H13ClN2O4/c1-10(11-3-2-4-12(17)7-11)18-14-6-5-13(19(21)22)8-15(14)23-9-16(18)20/h2-8,10H,9H2,1H3. The third-order valence-corrected chi connectivity index (χ3v) is 3.99. The third kappa shape index (κ3) is 2.85. The molecule has 2 aromatic rings. The summed E-state index contributed by atoms with van der Waals surface area (Å²) in [6, 6.07) is 11.2. The Morgan fingerprint density at radius 3 is 2.78 bits per heavy atom. The summed E-state index contributed by atoms with van der Waals surface area (Å²) in [4.78, 5) is 24.3. The third-order valence-electron chi connectivity index (χ3n) is 3.75. The maximum atomic E-state index is 12.3. The summed E-state index contributed by atoms with van der Waals surface area (Å²) in [6.45, 7) is 1.72. The van der Waals surface area contributed by atoms with Gasteiger partial charge in [-0.15, -0.1) is 0 Å². The molecule has 1 atom stereocenters. The zero-order valence-corrected chi connectivity index (χ0v) is 13.0. The van der Waals surface area contributed by atoms with Crippen LogP contribution in [0.15, 0.2) is 42.5 Å². The Bertz CT molecular complexity index is 793. The number of carbonyl (C=O) groups excluding carboxylic acids is 1. The number of nitro benzene ring substituents is 1. The first-order valence-corrected chi connectivity index (χ1v) is 7.34. The lowest BCUT2D eigenvalue weighted by atomic mass is 10.0. The summed E-state index contributed by atoms with van der Waals surface area (Å²) in [5, 5.41) is 11.5. The average molecular weight is 333 g/mol. The zero-order chi connectivity index (χ0) is 16.6. The second-order valence-corrected chi connectivity index (χ2v) is 5.63. The molecule has 0 saturated carbocycles. The van der Waals surface area contributed by atoms with Gasteiger partial charge in [0.1, 0.15) is 0 Å². The van der Waals surface area contributed by atoms with Crippen LogP contribution < -0.4 is 9.64 Å². The number of rotatable bonds is 3. The monoisotopic (exact) mass is 332 g/mol. The molecule has 3 rings (SSSR count). The summed E-state index contributed by atoms with van der Waals surface area (Å²) in [7, 11) is 0. The van der Waals surface area contributed by atoms with Gasteiger partial charge < -0.3 is 4.74 Å². The largest absolute Gasteiger partial charge is 0.481 e. The maximum absolute atomic E-state index is 12.3. The van der Waals surface area contributed by atoms with Crippen LogP contribution >= 0.6 is 11.6 Å². The van der Waals surface area contributed by atoms with E-state index in [1.807, 2.05) is 19.1 Å². The first-order chi connectivity index (χ1) is 11.0. The van der Waals surface area contributed by atoms with Crippen molar-refractivity contribution in [3.8, 4) is 5.75 Å². The van der Waals surface area contributed by atoms with Crippen LogP contribution in [0.25, 0.3) is 0 Å². The average Bonchev–Trinajstić information content (AvgIpc) is 2.53. The van der Waals surface area contributed by atoms with E-state index in [1.165, 1.54) is 18.2 Å². The van der Waals surface area contributed by atoms with Gasteiger partial charge in [0.2, 0.25) is 0 Å². The number of nitro groups is 1. The summed E-state index contributed by atoms with van der Waals surface area (Å²) < 4.78 is 5.34. The number of non-ortho nitro benzene ring substituents is 1. The predicted molar refractivity (Wildman–Crippen MR) is 85.9 cm³/mol. The number of ether oxygens (including phenoxy) is 1. The van der Waals surface area contributed by atoms with E-state index in [9.17, 15) is 14.9 Å². The minimum Gasteiger partial charge on any atom is -0.481 e. The van der Waals surface area contributed by atoms with Crippen molar-refractivity contribution < 1.29 is 14.5 Å². The van der Waals surface area contributed by atoms with Crippen molar-refractivity contribution >= 4 is 28.9 Å². The smallest absolute Gasteiger partial charge is 0.273 e. The number of fused-ring (bicyclic) bond motifs is 1. The summed E-state index contributed by atoms with van der Waals surface area (Å²) in [6.07, 6.45) is 0. The highest BCUT2D eigenvalue weighted by Gasteiger charge is 2.31. The van der Waals surface area contributed by atoms with Gasteiger partial charge in [-0.05, 0) is 30.7 Å². The topological polar surface area (TPSA) is 72.7 Å². The second kappa shape index (κ2) is 5.89. The lowest BCUT2D eigenvalue weighted by Gasteiger charge is -2.34. The van der Waals surface area contributed by atoms with Crippen LogP contribution in [-0.4, -0.2) is 17.4 Å². The van der Waals surface area contributed by atoms with Crippen LogP contribution in [0.3, 0.4) is 0 Å². The fourth-order valence-electron chi connectivity index (χ4n) is 2.61. The molecule has 0 saturated heterocycles. The molecule has 0 bridgehead atoms. The summed E-state index contributed by atoms with van der Waals surface area (Å²) in [5.74, 6) is 0.117. The van der Waals surface area contributed by atoms with E-state index in [-0.39, 0.29) is 24.2 Å². The lowest BCUT2D eigenvalue weighted by Crippen LogP contribution is -2.40. The van der Waals surface area contributed by atoms with Crippen LogP contribution in [0.4, 0.5) is 11.4 Å². The molecule has 1 aliphatic heterocycles. The first kappa shape index (κ1) is 15.3. The summed E-state index contributed by atoms with van der Waals surface area (Å²) >= 11 is 6.02. The molecular formula is C16H13ClN2O4. The van der Waals surface area contributed by atoms with Gasteiger partial charge in [0.05, 0.1) is 22.7 Å². The van der Waals surface area contributed by atoms with Crippen LogP contribution in [-0.2, 0) is 4.79 Å². The van der Waals surface area contributed by atoms with Gasteiger partial charge in [0, 0.05) is 11.1 Å². The van der Waals surface area contributed by atoms with Gasteiger partial charge in [0.25, 0.3) is 11.6 Å². The highest BCUT2D eigenvalue weighted by molar-refractivity contribution is 6.30. The number of anilines is 1. The first-order valence-electron chi connectivity index (χ1n) is 6.96. The normalized spacial score (nSPS) is 14.9. The Balaban J connectivity index is 2.03. The molecule has 0 aliphatic carbocycles. The highest BCUT2D eigenvalue weighted by atomic mass is 35.5. The van der Waals surface area contributed by atoms with Crippen molar-refractivity contribution in [3.63, 3.8) is 0 Å². The summed E-state index contributed by atoms with van der Waals surface area (Å²) in [5.41, 5.74) is 1.31. The number of benzene rings is 2. The molecule has 1 heterocycles. The van der Waals surface area contributed by atoms with E-state index >= 15 is 0 Å². The number of hydrogen-bond acceptors (Lipinski definition) is 4. The van der Waals surface area contributed by atoms with Crippen molar-refractivity contribution in [2.45, 2.75) is 13.0 Å². The molecule has 118 valence electrons. The minimum atomic E-state index is -0.495. The molecule has 7 heteroatoms. The number of carbonyl (C=O) groups is 1. The van der Waals surface area contributed by atoms with E-state index in [4.69, 9.17) is 16.3 Å². The Kier molecular flexibility index (Phi) is 3.92. The highest BCUT2D eigenvalue weighted by Crippen LogP contribution is 2.39. The van der Waals surface area contributed by atoms with E-state index in [2.05, 4.69) is 0 Å². The quantitative estimate of drug-likeness (QED) is 0.634. The number of hydrogen-bond donors (Lipinski definition) is 0. The zero-order valence-electron chi connectivity index (χ0n) is 12.2. The number of nitrogens with zero attached hydrogens (tertiary/aromatic N) is 2. The van der Waals surface area contributed by atoms with E-state index in [0.29, 0.717) is 16.5 Å². The Morgan fingerprint density at radius 2 is 2.09 bits per heavy atom. The van der Waals surface area contributed by atoms with Crippen molar-refractivity contribution in [2.24, 2.45) is 0 Å². The van der Waals surface area contributed by atoms with Gasteiger partial charge in [-0.3, -0.25) is 19.8 Å². The number of amides is 1.